The number of hydrogen-bond acceptors (Lipinski definition) is 9. The van der Waals surface area contributed by atoms with E-state index < -0.39 is 29.3 Å². The van der Waals surface area contributed by atoms with E-state index >= 15 is 0 Å². The van der Waals surface area contributed by atoms with Crippen LogP contribution in [0.1, 0.15) is 45.2 Å². The second-order valence-electron chi connectivity index (χ2n) is 14.0. The molecule has 5 rings (SSSR count). The van der Waals surface area contributed by atoms with E-state index in [1.807, 2.05) is 106 Å². The van der Waals surface area contributed by atoms with E-state index in [9.17, 15) is 9.59 Å². The number of carbonyl (C=O) groups is 1. The molecule has 0 saturated heterocycles. The minimum absolute atomic E-state index is 0.00174. The van der Waals surface area contributed by atoms with Crippen LogP contribution in [0.25, 0.3) is 11.0 Å². The maximum Gasteiger partial charge on any atom is 0.282 e. The van der Waals surface area contributed by atoms with Crippen molar-refractivity contribution in [1.82, 2.24) is 19.8 Å². The third-order valence-corrected chi connectivity index (χ3v) is 9.96. The van der Waals surface area contributed by atoms with Crippen molar-refractivity contribution >= 4 is 16.9 Å². The Hall–Kier alpha value is -4.75. The van der Waals surface area contributed by atoms with Gasteiger partial charge in [-0.05, 0) is 67.9 Å². The quantitative estimate of drug-likeness (QED) is 0.0765. The lowest BCUT2D eigenvalue weighted by Gasteiger charge is -2.38. The van der Waals surface area contributed by atoms with Crippen LogP contribution in [0.4, 0.5) is 0 Å². The van der Waals surface area contributed by atoms with Crippen LogP contribution in [0.2, 0.25) is 0 Å². The number of rotatable bonds is 20. The number of fused-ring (bicyclic) bond motifs is 1. The summed E-state index contributed by atoms with van der Waals surface area (Å²) in [4.78, 5) is 34.3. The summed E-state index contributed by atoms with van der Waals surface area (Å²) in [5.74, 6) is -0.915. The van der Waals surface area contributed by atoms with Gasteiger partial charge in [0.25, 0.3) is 11.5 Å². The van der Waals surface area contributed by atoms with Crippen molar-refractivity contribution < 1.29 is 28.5 Å². The number of ether oxygens (including phenoxy) is 5. The molecular weight excluding hydrogens is 697 g/mol. The summed E-state index contributed by atoms with van der Waals surface area (Å²) in [5.41, 5.74) is 4.28. The number of methoxy groups -OCH3 is 2. The van der Waals surface area contributed by atoms with Crippen molar-refractivity contribution in [3.8, 4) is 0 Å². The van der Waals surface area contributed by atoms with E-state index in [1.165, 1.54) is 0 Å². The van der Waals surface area contributed by atoms with Gasteiger partial charge in [-0.25, -0.2) is 4.98 Å². The van der Waals surface area contributed by atoms with Crippen molar-refractivity contribution in [2.75, 3.05) is 61.6 Å². The smallest absolute Gasteiger partial charge is 0.282 e. The molecule has 1 heterocycles. The van der Waals surface area contributed by atoms with Crippen molar-refractivity contribution in [2.24, 2.45) is 5.92 Å². The molecule has 292 valence electrons. The summed E-state index contributed by atoms with van der Waals surface area (Å²) < 4.78 is 32.4. The van der Waals surface area contributed by atoms with E-state index in [1.54, 1.807) is 18.8 Å². The van der Waals surface area contributed by atoms with E-state index in [2.05, 4.69) is 46.7 Å². The average Bonchev–Trinajstić information content (AvgIpc) is 3.20. The fraction of sp³-hybridized carbons (Fsp3) is 0.386. The minimum atomic E-state index is -0.996. The molecule has 0 fully saturated rings. The van der Waals surface area contributed by atoms with Crippen LogP contribution in [0.5, 0.6) is 0 Å². The zero-order valence-electron chi connectivity index (χ0n) is 33.0. The molecule has 0 radical (unpaired) electrons. The highest BCUT2D eigenvalue weighted by molar-refractivity contribution is 5.94. The molecule has 0 bridgehead atoms. The Morgan fingerprint density at radius 1 is 0.800 bits per heavy atom. The van der Waals surface area contributed by atoms with Gasteiger partial charge in [0.1, 0.15) is 19.2 Å². The van der Waals surface area contributed by atoms with Crippen molar-refractivity contribution in [2.45, 2.75) is 45.1 Å². The molecule has 55 heavy (non-hydrogen) atoms. The topological polar surface area (TPSA) is 113 Å². The summed E-state index contributed by atoms with van der Waals surface area (Å²) in [6.07, 6.45) is -1.22. The van der Waals surface area contributed by atoms with Gasteiger partial charge < -0.3 is 38.5 Å². The molecule has 1 amide bonds. The maximum atomic E-state index is 14.3. The fourth-order valence-corrected chi connectivity index (χ4v) is 6.73. The minimum Gasteiger partial charge on any atom is -0.359 e. The third-order valence-electron chi connectivity index (χ3n) is 9.96. The third kappa shape index (κ3) is 9.93. The number of aryl methyl sites for hydroxylation is 2. The summed E-state index contributed by atoms with van der Waals surface area (Å²) in [7, 11) is 6.95. The van der Waals surface area contributed by atoms with Crippen LogP contribution in [0.3, 0.4) is 0 Å². The molecule has 0 saturated carbocycles. The van der Waals surface area contributed by atoms with E-state index in [0.717, 1.165) is 27.8 Å². The first-order chi connectivity index (χ1) is 26.6. The van der Waals surface area contributed by atoms with Crippen molar-refractivity contribution in [3.63, 3.8) is 0 Å². The van der Waals surface area contributed by atoms with Gasteiger partial charge in [-0.3, -0.25) is 9.59 Å². The van der Waals surface area contributed by atoms with E-state index in [-0.39, 0.29) is 38.3 Å². The van der Waals surface area contributed by atoms with Crippen LogP contribution in [-0.2, 0) is 35.8 Å². The molecule has 3 atom stereocenters. The number of benzene rings is 4. The van der Waals surface area contributed by atoms with Gasteiger partial charge >= 0.3 is 0 Å². The second-order valence-corrected chi connectivity index (χ2v) is 14.0. The first-order valence-electron chi connectivity index (χ1n) is 18.6. The number of amides is 1. The zero-order valence-corrected chi connectivity index (χ0v) is 33.0. The summed E-state index contributed by atoms with van der Waals surface area (Å²) in [5, 5.41) is 2.85. The zero-order chi connectivity index (χ0) is 39.4. The first-order valence-corrected chi connectivity index (χ1v) is 18.6. The fourth-order valence-electron chi connectivity index (χ4n) is 6.73. The van der Waals surface area contributed by atoms with Gasteiger partial charge in [-0.2, -0.15) is 0 Å². The highest BCUT2D eigenvalue weighted by Gasteiger charge is 2.40. The highest BCUT2D eigenvalue weighted by atomic mass is 16.7. The molecule has 1 N–H and O–H groups in total. The molecule has 11 nitrogen and oxygen atoms in total. The molecule has 1 aromatic heterocycles. The predicted molar refractivity (Wildman–Crippen MR) is 214 cm³/mol. The SMILES string of the molecule is COCO[C@@H](Cn1c(=O)c(C(=O)NCCN(C)C)nc2cc(C)c(C)cc21)[C@H](C)[C@@H](COC(c1ccccc1)(c1ccccc1)c1ccccc1)OCOC. The van der Waals surface area contributed by atoms with Crippen LogP contribution < -0.4 is 10.9 Å². The van der Waals surface area contributed by atoms with Gasteiger partial charge in [-0.1, -0.05) is 97.9 Å². The van der Waals surface area contributed by atoms with Crippen molar-refractivity contribution in [3.05, 3.63) is 147 Å². The van der Waals surface area contributed by atoms with E-state index in [4.69, 9.17) is 23.7 Å². The van der Waals surface area contributed by atoms with Crippen molar-refractivity contribution in [1.29, 1.82) is 0 Å². The molecule has 4 aromatic carbocycles. The van der Waals surface area contributed by atoms with Crippen LogP contribution in [0.15, 0.2) is 108 Å². The molecule has 0 aliphatic carbocycles. The Morgan fingerprint density at radius 2 is 1.31 bits per heavy atom. The van der Waals surface area contributed by atoms with Crippen LogP contribution in [0, 0.1) is 19.8 Å². The Kier molecular flexibility index (Phi) is 14.8. The molecule has 0 aliphatic heterocycles. The number of nitrogens with zero attached hydrogens (tertiary/aromatic N) is 3. The molecular formula is C44H54N4O7. The monoisotopic (exact) mass is 750 g/mol. The lowest BCUT2D eigenvalue weighted by atomic mass is 9.80. The summed E-state index contributed by atoms with van der Waals surface area (Å²) >= 11 is 0. The highest BCUT2D eigenvalue weighted by Crippen LogP contribution is 2.41. The molecule has 11 heteroatoms. The number of carbonyl (C=O) groups excluding carboxylic acids is 1. The maximum absolute atomic E-state index is 14.3. The Bertz CT molecular complexity index is 1930. The average molecular weight is 751 g/mol. The molecule has 0 unspecified atom stereocenters. The van der Waals surface area contributed by atoms with Gasteiger partial charge in [-0.15, -0.1) is 0 Å². The Balaban J connectivity index is 1.57. The lowest BCUT2D eigenvalue weighted by Crippen LogP contribution is -2.44. The van der Waals surface area contributed by atoms with Crippen LogP contribution >= 0.6 is 0 Å². The van der Waals surface area contributed by atoms with Gasteiger partial charge in [0, 0.05) is 33.2 Å². The summed E-state index contributed by atoms with van der Waals surface area (Å²) in [6, 6.07) is 34.2. The Morgan fingerprint density at radius 3 is 1.82 bits per heavy atom. The van der Waals surface area contributed by atoms with Crippen LogP contribution in [-0.4, -0.2) is 94.2 Å². The second kappa shape index (κ2) is 19.7. The van der Waals surface area contributed by atoms with Gasteiger partial charge in [0.05, 0.1) is 36.4 Å². The standard InChI is InChI=1S/C44H54N4O7/c1-31-25-37-38(26-32(31)2)48(43(50)41(46-37)42(49)45-23-24-47(4)5)27-39(53-29-51-6)33(3)40(54-30-52-7)28-55-44(34-17-11-8-12-18-34,35-19-13-9-14-20-35)36-21-15-10-16-22-36/h8-22,25-26,33,39-40H,23-24,27-30H2,1-7H3,(H,45,49)/t33-,39-,40+/m0/s1. The summed E-state index contributed by atoms with van der Waals surface area (Å²) in [6.45, 7) is 7.10. The number of hydrogen-bond donors (Lipinski definition) is 1. The lowest BCUT2D eigenvalue weighted by molar-refractivity contribution is -0.166. The molecule has 0 aliphatic rings. The first kappa shape index (κ1) is 41.4. The van der Waals surface area contributed by atoms with E-state index in [0.29, 0.717) is 24.1 Å². The molecule has 5 aromatic rings. The van der Waals surface area contributed by atoms with Gasteiger partial charge in [0.15, 0.2) is 5.69 Å². The number of aromatic nitrogens is 2. The largest absolute Gasteiger partial charge is 0.359 e. The normalized spacial score (nSPS) is 13.5. The Labute approximate surface area is 324 Å². The van der Waals surface area contributed by atoms with Gasteiger partial charge in [0.2, 0.25) is 0 Å². The molecule has 0 spiro atoms. The number of nitrogens with one attached hydrogen (secondary N) is 1. The number of likely N-dealkylation sites (N-methyl/N-ethyl adjacent to an activating group) is 1. The predicted octanol–water partition coefficient (Wildman–Crippen LogP) is 5.93.